The van der Waals surface area contributed by atoms with Gasteiger partial charge in [-0.25, -0.2) is 13.2 Å². The Hall–Kier alpha value is -1.03. The number of hydrogen-bond donors (Lipinski definition) is 0. The van der Waals surface area contributed by atoms with E-state index >= 15 is 0 Å². The number of rotatable bonds is 5. The smallest absolute Gasteiger partial charge is 0.266 e. The number of alkyl halides is 2. The molecule has 1 nitrogen and oxygen atoms in total. The molecule has 0 aromatic heterocycles. The highest BCUT2D eigenvalue weighted by atomic mass is 19.3. The van der Waals surface area contributed by atoms with Crippen LogP contribution >= 0.6 is 0 Å². The minimum Gasteiger partial charge on any atom is -0.378 e. The summed E-state index contributed by atoms with van der Waals surface area (Å²) in [5, 5.41) is 0. The minimum atomic E-state index is -2.76. The Morgan fingerprint density at radius 1 is 1.00 bits per heavy atom. The van der Waals surface area contributed by atoms with Gasteiger partial charge in [0.25, 0.3) is 6.43 Å². The zero-order valence-electron chi connectivity index (χ0n) is 15.9. The molecule has 1 aromatic carbocycles. The van der Waals surface area contributed by atoms with E-state index in [1.165, 1.54) is 25.7 Å². The van der Waals surface area contributed by atoms with E-state index in [-0.39, 0.29) is 12.0 Å². The fourth-order valence-corrected chi connectivity index (χ4v) is 4.60. The van der Waals surface area contributed by atoms with Crippen molar-refractivity contribution in [3.63, 3.8) is 0 Å². The maximum atomic E-state index is 14.6. The zero-order valence-corrected chi connectivity index (χ0v) is 15.9. The third kappa shape index (κ3) is 4.62. The molecule has 2 fully saturated rings. The van der Waals surface area contributed by atoms with Gasteiger partial charge < -0.3 is 4.74 Å². The first kappa shape index (κ1) is 19.7. The fraction of sp³-hybridized carbons (Fsp3) is 0.727. The van der Waals surface area contributed by atoms with Crippen molar-refractivity contribution in [1.29, 1.82) is 0 Å². The number of aryl methyl sites for hydroxylation is 1. The van der Waals surface area contributed by atoms with Crippen molar-refractivity contribution in [1.82, 2.24) is 0 Å². The SMILES string of the molecule is Cc1ccc(C2CCC(OCC3CCC(C)CC3)CC2)c(F)c1C(F)F. The van der Waals surface area contributed by atoms with Crippen molar-refractivity contribution >= 4 is 0 Å². The molecule has 146 valence electrons. The topological polar surface area (TPSA) is 9.23 Å². The molecule has 2 aliphatic carbocycles. The van der Waals surface area contributed by atoms with E-state index in [0.717, 1.165) is 38.2 Å². The zero-order chi connectivity index (χ0) is 18.7. The highest BCUT2D eigenvalue weighted by Crippen LogP contribution is 2.39. The van der Waals surface area contributed by atoms with Gasteiger partial charge in [0.2, 0.25) is 0 Å². The van der Waals surface area contributed by atoms with E-state index in [1.807, 2.05) is 0 Å². The van der Waals surface area contributed by atoms with Crippen LogP contribution in [0.3, 0.4) is 0 Å². The molecule has 0 amide bonds. The largest absolute Gasteiger partial charge is 0.378 e. The van der Waals surface area contributed by atoms with Crippen LogP contribution in [0, 0.1) is 24.6 Å². The molecule has 0 saturated heterocycles. The van der Waals surface area contributed by atoms with Gasteiger partial charge in [-0.1, -0.05) is 31.9 Å². The number of ether oxygens (including phenoxy) is 1. The van der Waals surface area contributed by atoms with Gasteiger partial charge in [0.05, 0.1) is 11.7 Å². The quantitative estimate of drug-likeness (QED) is 0.547. The summed E-state index contributed by atoms with van der Waals surface area (Å²) < 4.78 is 47.0. The third-order valence-electron chi connectivity index (χ3n) is 6.46. The molecule has 2 saturated carbocycles. The Morgan fingerprint density at radius 2 is 1.65 bits per heavy atom. The monoisotopic (exact) mass is 368 g/mol. The van der Waals surface area contributed by atoms with Crippen molar-refractivity contribution in [2.75, 3.05) is 6.61 Å². The summed E-state index contributed by atoms with van der Waals surface area (Å²) in [6, 6.07) is 3.33. The van der Waals surface area contributed by atoms with Crippen LogP contribution in [0.1, 0.15) is 87.3 Å². The summed E-state index contributed by atoms with van der Waals surface area (Å²) in [4.78, 5) is 0. The first-order chi connectivity index (χ1) is 12.5. The molecule has 0 unspecified atom stereocenters. The second-order valence-electron chi connectivity index (χ2n) is 8.43. The van der Waals surface area contributed by atoms with E-state index in [1.54, 1.807) is 19.1 Å². The average Bonchev–Trinajstić information content (AvgIpc) is 2.62. The molecule has 0 atom stereocenters. The standard InChI is InChI=1S/C22H31F3O/c1-14-3-6-16(7-4-14)13-26-18-10-8-17(9-11-18)19-12-5-15(2)20(21(19)23)22(24)25/h5,12,14,16-18,22H,3-4,6-11,13H2,1-2H3. The van der Waals surface area contributed by atoms with Crippen LogP contribution in [0.25, 0.3) is 0 Å². The lowest BCUT2D eigenvalue weighted by molar-refractivity contribution is -0.00423. The Kier molecular flexibility index (Phi) is 6.65. The fourth-order valence-electron chi connectivity index (χ4n) is 4.60. The summed E-state index contributed by atoms with van der Waals surface area (Å²) in [5.41, 5.74) is 0.373. The van der Waals surface area contributed by atoms with E-state index in [2.05, 4.69) is 6.92 Å². The predicted molar refractivity (Wildman–Crippen MR) is 98.2 cm³/mol. The normalized spacial score (nSPS) is 29.9. The van der Waals surface area contributed by atoms with Gasteiger partial charge in [0, 0.05) is 6.61 Å². The van der Waals surface area contributed by atoms with Crippen molar-refractivity contribution in [2.45, 2.75) is 83.7 Å². The molecule has 1 aromatic rings. The average molecular weight is 368 g/mol. The van der Waals surface area contributed by atoms with Crippen LogP contribution in [0.2, 0.25) is 0 Å². The summed E-state index contributed by atoms with van der Waals surface area (Å²) in [7, 11) is 0. The molecule has 2 aliphatic rings. The van der Waals surface area contributed by atoms with Gasteiger partial charge in [-0.2, -0.15) is 0 Å². The van der Waals surface area contributed by atoms with Crippen molar-refractivity contribution in [2.24, 2.45) is 11.8 Å². The van der Waals surface area contributed by atoms with Gasteiger partial charge in [-0.05, 0) is 74.3 Å². The second kappa shape index (κ2) is 8.77. The van der Waals surface area contributed by atoms with E-state index in [0.29, 0.717) is 17.0 Å². The molecule has 26 heavy (non-hydrogen) atoms. The Balaban J connectivity index is 1.52. The molecule has 3 rings (SSSR count). The molecule has 0 radical (unpaired) electrons. The van der Waals surface area contributed by atoms with Crippen LogP contribution in [0.4, 0.5) is 13.2 Å². The lowest BCUT2D eigenvalue weighted by Crippen LogP contribution is -2.25. The van der Waals surface area contributed by atoms with E-state index < -0.39 is 17.8 Å². The second-order valence-corrected chi connectivity index (χ2v) is 8.43. The lowest BCUT2D eigenvalue weighted by Gasteiger charge is -2.32. The van der Waals surface area contributed by atoms with Crippen molar-refractivity contribution < 1.29 is 17.9 Å². The van der Waals surface area contributed by atoms with Crippen LogP contribution in [-0.4, -0.2) is 12.7 Å². The number of benzene rings is 1. The summed E-state index contributed by atoms with van der Waals surface area (Å²) >= 11 is 0. The summed E-state index contributed by atoms with van der Waals surface area (Å²) in [5.74, 6) is 0.875. The first-order valence-corrected chi connectivity index (χ1v) is 10.1. The Morgan fingerprint density at radius 3 is 2.27 bits per heavy atom. The highest BCUT2D eigenvalue weighted by molar-refractivity contribution is 5.36. The van der Waals surface area contributed by atoms with Crippen LogP contribution in [-0.2, 0) is 4.74 Å². The van der Waals surface area contributed by atoms with Crippen molar-refractivity contribution in [3.8, 4) is 0 Å². The lowest BCUT2D eigenvalue weighted by atomic mass is 9.81. The van der Waals surface area contributed by atoms with Crippen LogP contribution < -0.4 is 0 Å². The van der Waals surface area contributed by atoms with Gasteiger partial charge in [0.15, 0.2) is 0 Å². The van der Waals surface area contributed by atoms with Gasteiger partial charge >= 0.3 is 0 Å². The minimum absolute atomic E-state index is 0.0310. The van der Waals surface area contributed by atoms with Crippen molar-refractivity contribution in [3.05, 3.63) is 34.6 Å². The molecule has 4 heteroatoms. The molecule has 0 bridgehead atoms. The maximum Gasteiger partial charge on any atom is 0.266 e. The summed E-state index contributed by atoms with van der Waals surface area (Å²) in [6.45, 7) is 4.71. The predicted octanol–water partition coefficient (Wildman–Crippen LogP) is 6.94. The van der Waals surface area contributed by atoms with Gasteiger partial charge in [-0.3, -0.25) is 0 Å². The number of hydrogen-bond acceptors (Lipinski definition) is 1. The van der Waals surface area contributed by atoms with Crippen LogP contribution in [0.15, 0.2) is 12.1 Å². The first-order valence-electron chi connectivity index (χ1n) is 10.1. The Labute approximate surface area is 155 Å². The third-order valence-corrected chi connectivity index (χ3v) is 6.46. The van der Waals surface area contributed by atoms with Gasteiger partial charge in [-0.15, -0.1) is 0 Å². The van der Waals surface area contributed by atoms with Gasteiger partial charge in [0.1, 0.15) is 5.82 Å². The Bertz CT molecular complexity index is 585. The van der Waals surface area contributed by atoms with Crippen LogP contribution in [0.5, 0.6) is 0 Å². The molecular weight excluding hydrogens is 337 g/mol. The highest BCUT2D eigenvalue weighted by Gasteiger charge is 2.28. The van der Waals surface area contributed by atoms with E-state index in [9.17, 15) is 13.2 Å². The molecule has 0 heterocycles. The number of halogens is 3. The molecule has 0 spiro atoms. The summed E-state index contributed by atoms with van der Waals surface area (Å²) in [6.07, 6.45) is 6.05. The van der Waals surface area contributed by atoms with E-state index in [4.69, 9.17) is 4.74 Å². The molecular formula is C22H31F3O. The molecule has 0 N–H and O–H groups in total. The maximum absolute atomic E-state index is 14.6. The molecule has 0 aliphatic heterocycles.